The van der Waals surface area contributed by atoms with Gasteiger partial charge in [-0.3, -0.25) is 4.79 Å². The van der Waals surface area contributed by atoms with E-state index in [1.807, 2.05) is 0 Å². The van der Waals surface area contributed by atoms with Crippen molar-refractivity contribution in [3.05, 3.63) is 28.8 Å². The van der Waals surface area contributed by atoms with E-state index in [-0.39, 0.29) is 17.9 Å². The van der Waals surface area contributed by atoms with Gasteiger partial charge in [0.2, 0.25) is 15.9 Å². The maximum atomic E-state index is 13.1. The quantitative estimate of drug-likeness (QED) is 0.807. The maximum absolute atomic E-state index is 13.1. The number of hydrogen-bond donors (Lipinski definition) is 0. The van der Waals surface area contributed by atoms with Crippen molar-refractivity contribution in [2.24, 2.45) is 5.92 Å². The van der Waals surface area contributed by atoms with Gasteiger partial charge in [0.15, 0.2) is 0 Å². The summed E-state index contributed by atoms with van der Waals surface area (Å²) in [6, 6.07) is 5.61. The Morgan fingerprint density at radius 2 is 1.92 bits per heavy atom. The van der Waals surface area contributed by atoms with Crippen molar-refractivity contribution in [2.75, 3.05) is 13.1 Å². The van der Waals surface area contributed by atoms with Crippen molar-refractivity contribution < 1.29 is 13.2 Å². The van der Waals surface area contributed by atoms with E-state index in [0.29, 0.717) is 41.0 Å². The molecule has 2 heterocycles. The molecule has 1 amide bonds. The molecule has 2 atom stereocenters. The molecule has 3 aliphatic rings. The first kappa shape index (κ1) is 17.3. The number of amides is 1. The van der Waals surface area contributed by atoms with Crippen LogP contribution in [0.3, 0.4) is 0 Å². The average molecular weight is 383 g/mol. The summed E-state index contributed by atoms with van der Waals surface area (Å²) in [5.74, 6) is 0.493. The molecule has 1 saturated carbocycles. The van der Waals surface area contributed by atoms with Gasteiger partial charge in [-0.15, -0.1) is 0 Å². The highest BCUT2D eigenvalue weighted by molar-refractivity contribution is 7.89. The van der Waals surface area contributed by atoms with E-state index in [0.717, 1.165) is 25.7 Å². The fraction of sp³-hybridized carbons (Fsp3) is 0.611. The predicted molar refractivity (Wildman–Crippen MR) is 95.9 cm³/mol. The highest BCUT2D eigenvalue weighted by Gasteiger charge is 2.46. The molecular formula is C18H23ClN2O3S. The van der Waals surface area contributed by atoms with Crippen molar-refractivity contribution in [3.8, 4) is 0 Å². The minimum absolute atomic E-state index is 0.209. The second-order valence-electron chi connectivity index (χ2n) is 7.46. The molecule has 1 aromatic rings. The van der Waals surface area contributed by atoms with Crippen LogP contribution < -0.4 is 0 Å². The van der Waals surface area contributed by atoms with Gasteiger partial charge in [-0.1, -0.05) is 17.7 Å². The molecule has 0 N–H and O–H groups in total. The lowest BCUT2D eigenvalue weighted by Gasteiger charge is -2.47. The monoisotopic (exact) mass is 382 g/mol. The van der Waals surface area contributed by atoms with Gasteiger partial charge in [0, 0.05) is 36.6 Å². The number of nitrogens with zero attached hydrogens (tertiary/aromatic N) is 2. The summed E-state index contributed by atoms with van der Waals surface area (Å²) in [6.45, 7) is 2.76. The molecule has 0 unspecified atom stereocenters. The smallest absolute Gasteiger partial charge is 0.243 e. The zero-order valence-corrected chi connectivity index (χ0v) is 15.9. The summed E-state index contributed by atoms with van der Waals surface area (Å²) in [7, 11) is -3.56. The Labute approximate surface area is 154 Å². The summed E-state index contributed by atoms with van der Waals surface area (Å²) < 4.78 is 27.8. The van der Waals surface area contributed by atoms with Crippen LogP contribution in [0.5, 0.6) is 0 Å². The molecule has 2 saturated heterocycles. The topological polar surface area (TPSA) is 57.7 Å². The third-order valence-electron chi connectivity index (χ3n) is 5.74. The normalized spacial score (nSPS) is 28.1. The van der Waals surface area contributed by atoms with Crippen LogP contribution in [-0.2, 0) is 14.8 Å². The predicted octanol–water partition coefficient (Wildman–Crippen LogP) is 2.81. The molecule has 0 radical (unpaired) electrons. The molecule has 1 aromatic carbocycles. The fourth-order valence-corrected chi connectivity index (χ4v) is 6.29. The summed E-state index contributed by atoms with van der Waals surface area (Å²) in [4.78, 5) is 14.7. The van der Waals surface area contributed by atoms with Crippen molar-refractivity contribution in [2.45, 2.75) is 56.0 Å². The van der Waals surface area contributed by atoms with Gasteiger partial charge < -0.3 is 4.90 Å². The lowest BCUT2D eigenvalue weighted by molar-refractivity contribution is -0.141. The number of hydrogen-bond acceptors (Lipinski definition) is 3. The molecule has 7 heteroatoms. The Morgan fingerprint density at radius 3 is 2.64 bits per heavy atom. The number of piperidine rings is 2. The largest absolute Gasteiger partial charge is 0.336 e. The van der Waals surface area contributed by atoms with Gasteiger partial charge in [-0.25, -0.2) is 8.42 Å². The molecule has 0 aromatic heterocycles. The maximum Gasteiger partial charge on any atom is 0.243 e. The first-order valence-corrected chi connectivity index (χ1v) is 10.8. The van der Waals surface area contributed by atoms with Crippen LogP contribution in [-0.4, -0.2) is 48.7 Å². The number of aryl methyl sites for hydroxylation is 1. The molecular weight excluding hydrogens is 360 g/mol. The molecule has 25 heavy (non-hydrogen) atoms. The summed E-state index contributed by atoms with van der Waals surface area (Å²) in [6.07, 6.45) is 4.25. The molecule has 0 bridgehead atoms. The van der Waals surface area contributed by atoms with Crippen LogP contribution >= 0.6 is 11.6 Å². The van der Waals surface area contributed by atoms with E-state index in [2.05, 4.69) is 4.90 Å². The third kappa shape index (κ3) is 3.09. The van der Waals surface area contributed by atoms with E-state index in [1.54, 1.807) is 29.4 Å². The number of likely N-dealkylation sites (tertiary alicyclic amines) is 1. The standard InChI is InChI=1S/C18H23ClN2O3S/c1-12-2-4-14(19)10-17(12)25(23,24)20-9-8-16-13(11-20)3-7-18(22)21(16)15-5-6-15/h2,4,10,13,15-16H,3,5-9,11H2,1H3/t13-,16+/m0/s1. The van der Waals surface area contributed by atoms with Gasteiger partial charge >= 0.3 is 0 Å². The van der Waals surface area contributed by atoms with Gasteiger partial charge in [-0.05, 0) is 56.2 Å². The minimum Gasteiger partial charge on any atom is -0.336 e. The Balaban J connectivity index is 1.57. The second kappa shape index (κ2) is 6.25. The van der Waals surface area contributed by atoms with Crippen molar-refractivity contribution in [1.29, 1.82) is 0 Å². The number of carbonyl (C=O) groups is 1. The number of halogens is 1. The van der Waals surface area contributed by atoms with E-state index < -0.39 is 10.0 Å². The van der Waals surface area contributed by atoms with E-state index in [4.69, 9.17) is 11.6 Å². The highest BCUT2D eigenvalue weighted by atomic mass is 35.5. The Hall–Kier alpha value is -1.11. The summed E-state index contributed by atoms with van der Waals surface area (Å²) >= 11 is 6.02. The van der Waals surface area contributed by atoms with Gasteiger partial charge in [-0.2, -0.15) is 4.31 Å². The Kier molecular flexibility index (Phi) is 4.33. The summed E-state index contributed by atoms with van der Waals surface area (Å²) in [5.41, 5.74) is 0.713. The molecule has 5 nitrogen and oxygen atoms in total. The molecule has 136 valence electrons. The van der Waals surface area contributed by atoms with Crippen LogP contribution in [0.15, 0.2) is 23.1 Å². The van der Waals surface area contributed by atoms with Crippen molar-refractivity contribution in [1.82, 2.24) is 9.21 Å². The fourth-order valence-electron chi connectivity index (χ4n) is 4.30. The molecule has 0 spiro atoms. The van der Waals surface area contributed by atoms with Crippen LogP contribution in [0.25, 0.3) is 0 Å². The number of carbonyl (C=O) groups excluding carboxylic acids is 1. The van der Waals surface area contributed by atoms with Crippen molar-refractivity contribution >= 4 is 27.5 Å². The molecule has 2 aliphatic heterocycles. The van der Waals surface area contributed by atoms with Gasteiger partial charge in [0.25, 0.3) is 0 Å². The summed E-state index contributed by atoms with van der Waals surface area (Å²) in [5, 5.41) is 0.433. The van der Waals surface area contributed by atoms with Crippen LogP contribution in [0.1, 0.15) is 37.7 Å². The van der Waals surface area contributed by atoms with Gasteiger partial charge in [0.1, 0.15) is 0 Å². The second-order valence-corrected chi connectivity index (χ2v) is 9.80. The first-order valence-electron chi connectivity index (χ1n) is 8.95. The van der Waals surface area contributed by atoms with Crippen LogP contribution in [0.4, 0.5) is 0 Å². The third-order valence-corrected chi connectivity index (χ3v) is 7.98. The van der Waals surface area contributed by atoms with E-state index in [1.165, 1.54) is 0 Å². The number of sulfonamides is 1. The number of fused-ring (bicyclic) bond motifs is 1. The number of rotatable bonds is 3. The number of benzene rings is 1. The minimum atomic E-state index is -3.56. The van der Waals surface area contributed by atoms with E-state index >= 15 is 0 Å². The van der Waals surface area contributed by atoms with Crippen molar-refractivity contribution in [3.63, 3.8) is 0 Å². The van der Waals surface area contributed by atoms with Crippen LogP contribution in [0, 0.1) is 12.8 Å². The average Bonchev–Trinajstić information content (AvgIpc) is 3.41. The Morgan fingerprint density at radius 1 is 1.16 bits per heavy atom. The molecule has 4 rings (SSSR count). The Bertz CT molecular complexity index is 807. The van der Waals surface area contributed by atoms with E-state index in [9.17, 15) is 13.2 Å². The molecule has 3 fully saturated rings. The first-order chi connectivity index (χ1) is 11.9. The lowest BCUT2D eigenvalue weighted by Crippen LogP contribution is -2.57. The highest BCUT2D eigenvalue weighted by Crippen LogP contribution is 2.40. The van der Waals surface area contributed by atoms with Gasteiger partial charge in [0.05, 0.1) is 4.90 Å². The zero-order valence-electron chi connectivity index (χ0n) is 14.3. The van der Waals surface area contributed by atoms with Crippen LogP contribution in [0.2, 0.25) is 5.02 Å². The SMILES string of the molecule is Cc1ccc(Cl)cc1S(=O)(=O)N1CC[C@@H]2[C@@H](CCC(=O)N2C2CC2)C1. The lowest BCUT2D eigenvalue weighted by atomic mass is 9.84. The molecule has 1 aliphatic carbocycles. The zero-order chi connectivity index (χ0) is 17.8.